The van der Waals surface area contributed by atoms with Gasteiger partial charge in [-0.05, 0) is 87.8 Å². The molecule has 0 aromatic heterocycles. The van der Waals surface area contributed by atoms with E-state index in [0.717, 1.165) is 49.8 Å². The Morgan fingerprint density at radius 1 is 1.03 bits per heavy atom. The van der Waals surface area contributed by atoms with E-state index in [0.29, 0.717) is 24.2 Å². The summed E-state index contributed by atoms with van der Waals surface area (Å²) in [6, 6.07) is 6.02. The van der Waals surface area contributed by atoms with Crippen LogP contribution in [0.2, 0.25) is 0 Å². The van der Waals surface area contributed by atoms with Gasteiger partial charge in [0.1, 0.15) is 11.4 Å². The lowest BCUT2D eigenvalue weighted by molar-refractivity contribution is -0.205. The zero-order valence-corrected chi connectivity index (χ0v) is 18.0. The van der Waals surface area contributed by atoms with Crippen molar-refractivity contribution >= 4 is 11.8 Å². The summed E-state index contributed by atoms with van der Waals surface area (Å²) in [5.74, 6) is 2.19. The molecule has 1 saturated heterocycles. The van der Waals surface area contributed by atoms with Crippen LogP contribution < -0.4 is 4.74 Å². The van der Waals surface area contributed by atoms with E-state index in [1.54, 1.807) is 7.11 Å². The highest BCUT2D eigenvalue weighted by atomic mass is 16.6. The van der Waals surface area contributed by atoms with Gasteiger partial charge in [-0.25, -0.2) is 0 Å². The molecule has 1 aromatic rings. The molecule has 3 aliphatic carbocycles. The Kier molecular flexibility index (Phi) is 4.02. The van der Waals surface area contributed by atoms with Crippen molar-refractivity contribution in [1.82, 2.24) is 0 Å². The number of hydrogen-bond donors (Lipinski definition) is 0. The summed E-state index contributed by atoms with van der Waals surface area (Å²) in [7, 11) is 1.65. The van der Waals surface area contributed by atoms with Gasteiger partial charge in [0.05, 0.1) is 12.5 Å². The van der Waals surface area contributed by atoms with Crippen LogP contribution in [0, 0.1) is 22.7 Å². The van der Waals surface area contributed by atoms with Gasteiger partial charge in [0.2, 0.25) is 0 Å². The Balaban J connectivity index is 1.49. The Labute approximate surface area is 173 Å². The van der Waals surface area contributed by atoms with Gasteiger partial charge >= 0.3 is 5.97 Å². The predicted molar refractivity (Wildman–Crippen MR) is 110 cm³/mol. The maximum atomic E-state index is 13.1. The van der Waals surface area contributed by atoms with Crippen molar-refractivity contribution in [2.75, 3.05) is 7.11 Å². The Morgan fingerprint density at radius 2 is 1.83 bits per heavy atom. The number of methoxy groups -OCH3 is 1. The normalized spacial score (nSPS) is 40.1. The fourth-order valence-corrected chi connectivity index (χ4v) is 7.16. The van der Waals surface area contributed by atoms with Crippen LogP contribution in [0.5, 0.6) is 5.75 Å². The molecule has 3 fully saturated rings. The second-order valence-corrected chi connectivity index (χ2v) is 10.7. The molecule has 1 spiro atoms. The molecule has 3 unspecified atom stereocenters. The first-order chi connectivity index (χ1) is 13.7. The van der Waals surface area contributed by atoms with E-state index < -0.39 is 0 Å². The smallest absolute Gasteiger partial charge is 0.312 e. The van der Waals surface area contributed by atoms with Crippen LogP contribution in [0.3, 0.4) is 0 Å². The van der Waals surface area contributed by atoms with Crippen molar-refractivity contribution in [1.29, 1.82) is 0 Å². The van der Waals surface area contributed by atoms with Crippen LogP contribution in [0.25, 0.3) is 0 Å². The van der Waals surface area contributed by atoms with E-state index in [1.807, 2.05) is 26.0 Å². The molecular weight excluding hydrogens is 364 g/mol. The quantitative estimate of drug-likeness (QED) is 0.605. The molecule has 156 valence electrons. The van der Waals surface area contributed by atoms with Crippen molar-refractivity contribution in [3.8, 4) is 5.75 Å². The lowest BCUT2D eigenvalue weighted by Gasteiger charge is -2.56. The van der Waals surface area contributed by atoms with Crippen LogP contribution in [0.1, 0.15) is 87.6 Å². The molecule has 0 radical (unpaired) electrons. The lowest BCUT2D eigenvalue weighted by Crippen LogP contribution is -2.57. The van der Waals surface area contributed by atoms with Gasteiger partial charge in [-0.15, -0.1) is 0 Å². The molecule has 5 rings (SSSR count). The van der Waals surface area contributed by atoms with Crippen molar-refractivity contribution in [3.63, 3.8) is 0 Å². The van der Waals surface area contributed by atoms with E-state index >= 15 is 0 Å². The van der Waals surface area contributed by atoms with Gasteiger partial charge in [0, 0.05) is 17.4 Å². The highest BCUT2D eigenvalue weighted by Gasteiger charge is 2.66. The third kappa shape index (κ3) is 2.50. The van der Waals surface area contributed by atoms with E-state index in [4.69, 9.17) is 9.47 Å². The van der Waals surface area contributed by atoms with Gasteiger partial charge in [-0.1, -0.05) is 13.0 Å². The van der Waals surface area contributed by atoms with Gasteiger partial charge in [-0.2, -0.15) is 0 Å². The molecule has 4 nitrogen and oxygen atoms in total. The summed E-state index contributed by atoms with van der Waals surface area (Å²) in [5, 5.41) is 0. The van der Waals surface area contributed by atoms with E-state index in [2.05, 4.69) is 13.0 Å². The van der Waals surface area contributed by atoms with Crippen LogP contribution in [0.4, 0.5) is 0 Å². The summed E-state index contributed by atoms with van der Waals surface area (Å²) in [4.78, 5) is 25.8. The van der Waals surface area contributed by atoms with Crippen molar-refractivity contribution in [2.45, 2.75) is 77.2 Å². The van der Waals surface area contributed by atoms with Crippen LogP contribution in [-0.4, -0.2) is 24.5 Å². The van der Waals surface area contributed by atoms with Gasteiger partial charge in [0.15, 0.2) is 5.78 Å². The summed E-state index contributed by atoms with van der Waals surface area (Å²) >= 11 is 0. The lowest BCUT2D eigenvalue weighted by atomic mass is 9.52. The van der Waals surface area contributed by atoms with E-state index in [1.165, 1.54) is 5.56 Å². The molecule has 1 aliphatic heterocycles. The number of fused-ring (bicyclic) bond motifs is 6. The van der Waals surface area contributed by atoms with Crippen molar-refractivity contribution in [2.24, 2.45) is 22.7 Å². The zero-order valence-electron chi connectivity index (χ0n) is 18.0. The Hall–Kier alpha value is -1.84. The molecule has 0 bridgehead atoms. The second-order valence-electron chi connectivity index (χ2n) is 10.7. The number of ketones is 1. The van der Waals surface area contributed by atoms with Gasteiger partial charge in [0.25, 0.3) is 0 Å². The molecule has 5 atom stereocenters. The highest BCUT2D eigenvalue weighted by molar-refractivity contribution is 5.99. The third-order valence-corrected chi connectivity index (χ3v) is 9.10. The first kappa shape index (κ1) is 19.1. The van der Waals surface area contributed by atoms with E-state index in [9.17, 15) is 9.59 Å². The first-order valence-electron chi connectivity index (χ1n) is 11.2. The largest absolute Gasteiger partial charge is 0.497 e. The molecule has 0 amide bonds. The number of carbonyl (C=O) groups excluding carboxylic acids is 2. The maximum absolute atomic E-state index is 13.1. The average Bonchev–Trinajstić information content (AvgIpc) is 2.98. The molecule has 0 N–H and O–H groups in total. The number of rotatable bonds is 1. The Morgan fingerprint density at radius 3 is 2.55 bits per heavy atom. The summed E-state index contributed by atoms with van der Waals surface area (Å²) in [6.45, 7) is 6.35. The van der Waals surface area contributed by atoms with Crippen LogP contribution >= 0.6 is 0 Å². The molecule has 1 aromatic carbocycles. The summed E-state index contributed by atoms with van der Waals surface area (Å²) < 4.78 is 11.6. The third-order valence-electron chi connectivity index (χ3n) is 9.10. The predicted octanol–water partition coefficient (Wildman–Crippen LogP) is 5.29. The SMILES string of the molecule is COc1ccc2c(c1)C(=O)CC1C2CC[C@@]2(C)C1CC[C@@]21CCC(C)(C)C(=O)O1. The summed E-state index contributed by atoms with van der Waals surface area (Å²) in [5.41, 5.74) is 1.32. The number of benzene rings is 1. The molecule has 2 saturated carbocycles. The fourth-order valence-electron chi connectivity index (χ4n) is 7.16. The van der Waals surface area contributed by atoms with Crippen LogP contribution in [0.15, 0.2) is 18.2 Å². The molecule has 4 heteroatoms. The number of carbonyl (C=O) groups is 2. The summed E-state index contributed by atoms with van der Waals surface area (Å²) in [6.07, 6.45) is 6.59. The van der Waals surface area contributed by atoms with Crippen molar-refractivity contribution in [3.05, 3.63) is 29.3 Å². The zero-order chi connectivity index (χ0) is 20.6. The van der Waals surface area contributed by atoms with Crippen LogP contribution in [-0.2, 0) is 9.53 Å². The van der Waals surface area contributed by atoms with Gasteiger partial charge < -0.3 is 9.47 Å². The standard InChI is InChI=1S/C25H32O4/c1-23(2)11-12-25(29-22(23)27)10-8-20-18-14-21(26)19-13-15(28-4)5-6-16(19)17(18)7-9-24(20,25)3/h5-6,13,17-18,20H,7-12,14H2,1-4H3/t17?,18?,20?,24-,25+/m0/s1. The minimum atomic E-state index is -0.379. The number of esters is 1. The van der Waals surface area contributed by atoms with Crippen molar-refractivity contribution < 1.29 is 19.1 Å². The van der Waals surface area contributed by atoms with E-state index in [-0.39, 0.29) is 28.2 Å². The number of hydrogen-bond acceptors (Lipinski definition) is 4. The number of Topliss-reactive ketones (excluding diaryl/α,β-unsaturated/α-hetero) is 1. The van der Waals surface area contributed by atoms with Gasteiger partial charge in [-0.3, -0.25) is 9.59 Å². The molecular formula is C25H32O4. The fraction of sp³-hybridized carbons (Fsp3) is 0.680. The Bertz CT molecular complexity index is 887. The topological polar surface area (TPSA) is 52.6 Å². The minimum absolute atomic E-state index is 0.0232. The average molecular weight is 397 g/mol. The highest BCUT2D eigenvalue weighted by Crippen LogP contribution is 2.67. The molecule has 1 heterocycles. The number of ether oxygens (including phenoxy) is 2. The molecule has 4 aliphatic rings. The maximum Gasteiger partial charge on any atom is 0.312 e. The minimum Gasteiger partial charge on any atom is -0.497 e. The molecule has 29 heavy (non-hydrogen) atoms. The second kappa shape index (κ2) is 6.09. The monoisotopic (exact) mass is 396 g/mol. The first-order valence-corrected chi connectivity index (χ1v) is 11.2.